The first kappa shape index (κ1) is 17.8. The van der Waals surface area contributed by atoms with Crippen LogP contribution in [-0.2, 0) is 27.4 Å². The first-order valence-electron chi connectivity index (χ1n) is 9.05. The van der Waals surface area contributed by atoms with Crippen molar-refractivity contribution in [3.05, 3.63) is 11.7 Å². The zero-order valence-corrected chi connectivity index (χ0v) is 14.7. The quantitative estimate of drug-likeness (QED) is 0.789. The van der Waals surface area contributed by atoms with Gasteiger partial charge in [0.15, 0.2) is 5.82 Å². The molecule has 2 amide bonds. The van der Waals surface area contributed by atoms with Crippen LogP contribution >= 0.6 is 0 Å². The van der Waals surface area contributed by atoms with E-state index in [1.165, 1.54) is 12.8 Å². The summed E-state index contributed by atoms with van der Waals surface area (Å²) in [5, 5.41) is 6.72. The van der Waals surface area contributed by atoms with Gasteiger partial charge in [-0.05, 0) is 19.3 Å². The average molecular weight is 350 g/mol. The molecule has 0 bridgehead atoms. The number of hydrogen-bond donors (Lipinski definition) is 1. The number of nitrogens with one attached hydrogen (secondary N) is 1. The molecule has 2 fully saturated rings. The van der Waals surface area contributed by atoms with Crippen LogP contribution in [0.5, 0.6) is 0 Å². The van der Waals surface area contributed by atoms with Gasteiger partial charge in [-0.15, -0.1) is 0 Å². The molecule has 8 nitrogen and oxygen atoms in total. The summed E-state index contributed by atoms with van der Waals surface area (Å²) < 4.78 is 10.0. The van der Waals surface area contributed by atoms with E-state index in [1.807, 2.05) is 4.90 Å². The number of carbonyl (C=O) groups excluding carboxylic acids is 2. The van der Waals surface area contributed by atoms with Crippen LogP contribution in [0.15, 0.2) is 4.52 Å². The van der Waals surface area contributed by atoms with Crippen molar-refractivity contribution in [3.8, 4) is 0 Å². The van der Waals surface area contributed by atoms with Crippen LogP contribution in [0.3, 0.4) is 0 Å². The van der Waals surface area contributed by atoms with Crippen molar-refractivity contribution in [2.45, 2.75) is 57.6 Å². The molecule has 1 aliphatic heterocycles. The van der Waals surface area contributed by atoms with E-state index in [0.29, 0.717) is 56.7 Å². The number of likely N-dealkylation sites (tertiary alicyclic amines) is 1. The molecule has 0 radical (unpaired) electrons. The Morgan fingerprint density at radius 3 is 2.92 bits per heavy atom. The molecule has 8 heteroatoms. The summed E-state index contributed by atoms with van der Waals surface area (Å²) in [5.41, 5.74) is 0. The maximum Gasteiger partial charge on any atom is 0.228 e. The van der Waals surface area contributed by atoms with E-state index in [9.17, 15) is 9.59 Å². The number of nitrogens with zero attached hydrogens (tertiary/aromatic N) is 3. The lowest BCUT2D eigenvalue weighted by Gasteiger charge is -2.36. The second-order valence-electron chi connectivity index (χ2n) is 6.80. The molecule has 3 rings (SSSR count). The minimum Gasteiger partial charge on any atom is -0.377 e. The van der Waals surface area contributed by atoms with Crippen molar-refractivity contribution >= 4 is 11.8 Å². The van der Waals surface area contributed by atoms with Crippen molar-refractivity contribution in [2.75, 3.05) is 20.2 Å². The SMILES string of the molecule is COCc1noc(CCNC(=O)[C@@H]2CCC(=O)N(C3CCCC3)C2)n1. The molecule has 1 saturated heterocycles. The summed E-state index contributed by atoms with van der Waals surface area (Å²) in [7, 11) is 1.57. The molecule has 0 unspecified atom stereocenters. The Labute approximate surface area is 147 Å². The molecule has 1 atom stereocenters. The third-order valence-electron chi connectivity index (χ3n) is 5.00. The summed E-state index contributed by atoms with van der Waals surface area (Å²) in [4.78, 5) is 30.7. The molecule has 2 heterocycles. The van der Waals surface area contributed by atoms with Gasteiger partial charge in [-0.3, -0.25) is 9.59 Å². The third kappa shape index (κ3) is 4.56. The Balaban J connectivity index is 1.44. The minimum absolute atomic E-state index is 0.00660. The Morgan fingerprint density at radius 2 is 2.16 bits per heavy atom. The van der Waals surface area contributed by atoms with Crippen molar-refractivity contribution in [1.29, 1.82) is 0 Å². The van der Waals surface area contributed by atoms with E-state index in [1.54, 1.807) is 7.11 Å². The maximum absolute atomic E-state index is 12.4. The van der Waals surface area contributed by atoms with Gasteiger partial charge in [0.05, 0.1) is 5.92 Å². The molecule has 1 aromatic rings. The molecule has 1 N–H and O–H groups in total. The highest BCUT2D eigenvalue weighted by molar-refractivity contribution is 5.84. The van der Waals surface area contributed by atoms with Crippen LogP contribution in [0.4, 0.5) is 0 Å². The summed E-state index contributed by atoms with van der Waals surface area (Å²) in [5.74, 6) is 1.07. The van der Waals surface area contributed by atoms with Crippen LogP contribution < -0.4 is 5.32 Å². The van der Waals surface area contributed by atoms with Crippen molar-refractivity contribution in [1.82, 2.24) is 20.4 Å². The normalized spacial score (nSPS) is 21.7. The number of piperidine rings is 1. The predicted molar refractivity (Wildman–Crippen MR) is 88.4 cm³/mol. The molecular weight excluding hydrogens is 324 g/mol. The number of rotatable bonds is 7. The number of aromatic nitrogens is 2. The van der Waals surface area contributed by atoms with Gasteiger partial charge >= 0.3 is 0 Å². The van der Waals surface area contributed by atoms with Crippen molar-refractivity contribution in [2.24, 2.45) is 5.92 Å². The highest BCUT2D eigenvalue weighted by Crippen LogP contribution is 2.28. The third-order valence-corrected chi connectivity index (χ3v) is 5.00. The van der Waals surface area contributed by atoms with Crippen LogP contribution in [0.1, 0.15) is 50.2 Å². The summed E-state index contributed by atoms with van der Waals surface area (Å²) in [6, 6.07) is 0.334. The largest absolute Gasteiger partial charge is 0.377 e. The van der Waals surface area contributed by atoms with Gasteiger partial charge < -0.3 is 19.5 Å². The van der Waals surface area contributed by atoms with Crippen LogP contribution in [0, 0.1) is 5.92 Å². The maximum atomic E-state index is 12.4. The summed E-state index contributed by atoms with van der Waals surface area (Å²) >= 11 is 0. The van der Waals surface area contributed by atoms with Gasteiger partial charge in [0.2, 0.25) is 17.7 Å². The molecule has 25 heavy (non-hydrogen) atoms. The Morgan fingerprint density at radius 1 is 1.36 bits per heavy atom. The average Bonchev–Trinajstić information content (AvgIpc) is 3.28. The minimum atomic E-state index is -0.120. The number of methoxy groups -OCH3 is 1. The Bertz CT molecular complexity index is 597. The van der Waals surface area contributed by atoms with E-state index >= 15 is 0 Å². The highest BCUT2D eigenvalue weighted by atomic mass is 16.5. The van der Waals surface area contributed by atoms with Gasteiger partial charge in [-0.25, -0.2) is 0 Å². The number of carbonyl (C=O) groups is 2. The second-order valence-corrected chi connectivity index (χ2v) is 6.80. The summed E-state index contributed by atoms with van der Waals surface area (Å²) in [6.45, 7) is 1.30. The van der Waals surface area contributed by atoms with Gasteiger partial charge in [0, 0.05) is 39.1 Å². The zero-order chi connectivity index (χ0) is 17.6. The van der Waals surface area contributed by atoms with E-state index in [0.717, 1.165) is 12.8 Å². The first-order chi connectivity index (χ1) is 12.2. The van der Waals surface area contributed by atoms with Gasteiger partial charge in [-0.1, -0.05) is 18.0 Å². The fraction of sp³-hybridized carbons (Fsp3) is 0.765. The van der Waals surface area contributed by atoms with E-state index in [-0.39, 0.29) is 17.7 Å². The summed E-state index contributed by atoms with van der Waals surface area (Å²) in [6.07, 6.45) is 6.09. The molecule has 0 aromatic carbocycles. The molecule has 1 aromatic heterocycles. The van der Waals surface area contributed by atoms with Crippen LogP contribution in [0.25, 0.3) is 0 Å². The highest BCUT2D eigenvalue weighted by Gasteiger charge is 2.35. The Hall–Kier alpha value is -1.96. The lowest BCUT2D eigenvalue weighted by Crippen LogP contribution is -2.49. The lowest BCUT2D eigenvalue weighted by atomic mass is 9.95. The predicted octanol–water partition coefficient (Wildman–Crippen LogP) is 1.06. The van der Waals surface area contributed by atoms with E-state index < -0.39 is 0 Å². The van der Waals surface area contributed by atoms with Gasteiger partial charge in [0.25, 0.3) is 0 Å². The fourth-order valence-electron chi connectivity index (χ4n) is 3.67. The zero-order valence-electron chi connectivity index (χ0n) is 14.7. The van der Waals surface area contributed by atoms with Crippen molar-refractivity contribution < 1.29 is 18.8 Å². The number of amides is 2. The fourth-order valence-corrected chi connectivity index (χ4v) is 3.67. The first-order valence-corrected chi connectivity index (χ1v) is 9.05. The smallest absolute Gasteiger partial charge is 0.228 e. The standard InChI is InChI=1S/C17H26N4O4/c1-24-11-14-19-15(25-20-14)8-9-18-17(23)12-6-7-16(22)21(10-12)13-4-2-3-5-13/h12-13H,2-11H2,1H3,(H,18,23)/t12-/m1/s1. The molecule has 1 aliphatic carbocycles. The molecule has 138 valence electrons. The van der Waals surface area contributed by atoms with Crippen LogP contribution in [0.2, 0.25) is 0 Å². The second kappa shape index (κ2) is 8.42. The number of hydrogen-bond acceptors (Lipinski definition) is 6. The topological polar surface area (TPSA) is 97.6 Å². The number of ether oxygens (including phenoxy) is 1. The van der Waals surface area contributed by atoms with Crippen molar-refractivity contribution in [3.63, 3.8) is 0 Å². The van der Waals surface area contributed by atoms with Gasteiger partial charge in [0.1, 0.15) is 6.61 Å². The van der Waals surface area contributed by atoms with Gasteiger partial charge in [-0.2, -0.15) is 4.98 Å². The Kier molecular flexibility index (Phi) is 6.01. The monoisotopic (exact) mass is 350 g/mol. The molecule has 2 aliphatic rings. The molecule has 1 saturated carbocycles. The lowest BCUT2D eigenvalue weighted by molar-refractivity contribution is -0.140. The molecular formula is C17H26N4O4. The van der Waals surface area contributed by atoms with E-state index in [4.69, 9.17) is 9.26 Å². The molecule has 0 spiro atoms. The van der Waals surface area contributed by atoms with E-state index in [2.05, 4.69) is 15.5 Å². The van der Waals surface area contributed by atoms with Crippen LogP contribution in [-0.4, -0.2) is 53.1 Å².